The highest BCUT2D eigenvalue weighted by atomic mass is 19.1. The lowest BCUT2D eigenvalue weighted by Crippen LogP contribution is -2.37. The van der Waals surface area contributed by atoms with Crippen LogP contribution in [0.4, 0.5) is 10.1 Å². The molecule has 22 heavy (non-hydrogen) atoms. The van der Waals surface area contributed by atoms with Crippen LogP contribution in [-0.4, -0.2) is 18.4 Å². The van der Waals surface area contributed by atoms with Crippen LogP contribution < -0.4 is 11.1 Å². The van der Waals surface area contributed by atoms with Crippen LogP contribution in [0.25, 0.3) is 0 Å². The van der Waals surface area contributed by atoms with Gasteiger partial charge in [0.15, 0.2) is 5.78 Å². The van der Waals surface area contributed by atoms with Crippen molar-refractivity contribution in [2.75, 3.05) is 12.3 Å². The van der Waals surface area contributed by atoms with E-state index in [9.17, 15) is 9.18 Å². The number of hydrogen-bond acceptors (Lipinski definition) is 3. The van der Waals surface area contributed by atoms with E-state index in [-0.39, 0.29) is 17.6 Å². The van der Waals surface area contributed by atoms with E-state index in [0.29, 0.717) is 24.2 Å². The van der Waals surface area contributed by atoms with Gasteiger partial charge in [-0.2, -0.15) is 0 Å². The summed E-state index contributed by atoms with van der Waals surface area (Å²) in [6, 6.07) is 13.2. The summed E-state index contributed by atoms with van der Waals surface area (Å²) in [7, 11) is 0. The number of halogens is 1. The van der Waals surface area contributed by atoms with E-state index >= 15 is 0 Å². The number of nitrogens with two attached hydrogens (primary N) is 1. The molecule has 3 N–H and O–H groups in total. The molecule has 0 aliphatic heterocycles. The van der Waals surface area contributed by atoms with E-state index in [0.717, 1.165) is 12.0 Å². The summed E-state index contributed by atoms with van der Waals surface area (Å²) >= 11 is 0. The standard InChI is InChI=1S/C18H21FN2O/c1-2-17(18(22)14-5-9-16(20)10-6-14)21-12-11-13-3-7-15(19)8-4-13/h3-10,17,21H,2,11-12,20H2,1H3. The number of rotatable bonds is 7. The molecule has 3 nitrogen and oxygen atoms in total. The Morgan fingerprint density at radius 3 is 2.36 bits per heavy atom. The minimum Gasteiger partial charge on any atom is -0.399 e. The number of anilines is 1. The first-order valence-electron chi connectivity index (χ1n) is 7.47. The van der Waals surface area contributed by atoms with Gasteiger partial charge >= 0.3 is 0 Å². The third kappa shape index (κ3) is 4.40. The minimum atomic E-state index is -0.235. The average Bonchev–Trinajstić information content (AvgIpc) is 2.53. The molecule has 4 heteroatoms. The zero-order valence-electron chi connectivity index (χ0n) is 12.7. The van der Waals surface area contributed by atoms with Crippen LogP contribution in [0.2, 0.25) is 0 Å². The van der Waals surface area contributed by atoms with Crippen molar-refractivity contribution in [2.45, 2.75) is 25.8 Å². The number of ketones is 1. The van der Waals surface area contributed by atoms with E-state index in [1.165, 1.54) is 12.1 Å². The summed E-state index contributed by atoms with van der Waals surface area (Å²) in [5.74, 6) is -0.164. The molecule has 0 aliphatic carbocycles. The first-order chi connectivity index (χ1) is 10.6. The summed E-state index contributed by atoms with van der Waals surface area (Å²) in [6.07, 6.45) is 1.47. The molecule has 0 aliphatic rings. The van der Waals surface area contributed by atoms with Crippen LogP contribution in [0.3, 0.4) is 0 Å². The maximum atomic E-state index is 12.8. The van der Waals surface area contributed by atoms with Crippen molar-refractivity contribution in [3.8, 4) is 0 Å². The first-order valence-corrected chi connectivity index (χ1v) is 7.47. The second-order valence-electron chi connectivity index (χ2n) is 5.28. The van der Waals surface area contributed by atoms with E-state index in [4.69, 9.17) is 5.73 Å². The molecule has 2 aromatic carbocycles. The molecule has 0 saturated carbocycles. The van der Waals surface area contributed by atoms with E-state index in [1.807, 2.05) is 6.92 Å². The van der Waals surface area contributed by atoms with Crippen molar-refractivity contribution in [1.29, 1.82) is 0 Å². The van der Waals surface area contributed by atoms with Gasteiger partial charge in [-0.15, -0.1) is 0 Å². The van der Waals surface area contributed by atoms with Gasteiger partial charge in [0.2, 0.25) is 0 Å². The minimum absolute atomic E-state index is 0.0709. The highest BCUT2D eigenvalue weighted by molar-refractivity contribution is 6.00. The summed E-state index contributed by atoms with van der Waals surface area (Å²) in [4.78, 5) is 12.4. The molecule has 0 aromatic heterocycles. The van der Waals surface area contributed by atoms with Crippen molar-refractivity contribution < 1.29 is 9.18 Å². The summed E-state index contributed by atoms with van der Waals surface area (Å²) < 4.78 is 12.8. The van der Waals surface area contributed by atoms with Crippen LogP contribution in [-0.2, 0) is 6.42 Å². The molecule has 0 saturated heterocycles. The fourth-order valence-corrected chi connectivity index (χ4v) is 2.31. The fraction of sp³-hybridized carbons (Fsp3) is 0.278. The summed E-state index contributed by atoms with van der Waals surface area (Å²) in [5, 5.41) is 3.27. The first kappa shape index (κ1) is 16.2. The van der Waals surface area contributed by atoms with Crippen molar-refractivity contribution in [1.82, 2.24) is 5.32 Å². The van der Waals surface area contributed by atoms with Gasteiger partial charge in [0, 0.05) is 11.3 Å². The molecular weight excluding hydrogens is 279 g/mol. The van der Waals surface area contributed by atoms with Crippen LogP contribution in [0.15, 0.2) is 48.5 Å². The van der Waals surface area contributed by atoms with Gasteiger partial charge in [-0.25, -0.2) is 4.39 Å². The third-order valence-corrected chi connectivity index (χ3v) is 3.64. The number of nitrogens with one attached hydrogen (secondary N) is 1. The predicted octanol–water partition coefficient (Wildman–Crippen LogP) is 3.20. The Kier molecular flexibility index (Phi) is 5.67. The Hall–Kier alpha value is -2.20. The zero-order valence-corrected chi connectivity index (χ0v) is 12.7. The number of benzene rings is 2. The topological polar surface area (TPSA) is 55.1 Å². The van der Waals surface area contributed by atoms with Crippen LogP contribution >= 0.6 is 0 Å². The lowest BCUT2D eigenvalue weighted by atomic mass is 10.0. The molecule has 1 unspecified atom stereocenters. The molecule has 0 spiro atoms. The summed E-state index contributed by atoms with van der Waals surface area (Å²) in [6.45, 7) is 2.65. The Balaban J connectivity index is 1.90. The molecule has 116 valence electrons. The van der Waals surface area contributed by atoms with Gasteiger partial charge in [-0.05, 0) is 61.3 Å². The van der Waals surface area contributed by atoms with Crippen molar-refractivity contribution >= 4 is 11.5 Å². The molecule has 0 fully saturated rings. The van der Waals surface area contributed by atoms with Gasteiger partial charge in [0.1, 0.15) is 5.82 Å². The molecular formula is C18H21FN2O. The predicted molar refractivity (Wildman–Crippen MR) is 87.4 cm³/mol. The number of Topliss-reactive ketones (excluding diaryl/α,β-unsaturated/α-hetero) is 1. The van der Waals surface area contributed by atoms with Crippen LogP contribution in [0.1, 0.15) is 29.3 Å². The van der Waals surface area contributed by atoms with E-state index < -0.39 is 0 Å². The SMILES string of the molecule is CCC(NCCc1ccc(F)cc1)C(=O)c1ccc(N)cc1. The lowest BCUT2D eigenvalue weighted by Gasteiger charge is -2.16. The summed E-state index contributed by atoms with van der Waals surface area (Å²) in [5.41, 5.74) is 7.99. The van der Waals surface area contributed by atoms with Crippen LogP contribution in [0.5, 0.6) is 0 Å². The van der Waals surface area contributed by atoms with E-state index in [2.05, 4.69) is 5.32 Å². The molecule has 0 amide bonds. The lowest BCUT2D eigenvalue weighted by molar-refractivity contribution is 0.0941. The number of nitrogen functional groups attached to an aromatic ring is 1. The molecule has 0 heterocycles. The monoisotopic (exact) mass is 300 g/mol. The van der Waals surface area contributed by atoms with E-state index in [1.54, 1.807) is 36.4 Å². The molecule has 2 rings (SSSR count). The normalized spacial score (nSPS) is 12.1. The molecule has 0 bridgehead atoms. The van der Waals surface area contributed by atoms with Gasteiger partial charge in [-0.1, -0.05) is 19.1 Å². The maximum absolute atomic E-state index is 12.8. The van der Waals surface area contributed by atoms with Crippen molar-refractivity contribution in [2.24, 2.45) is 0 Å². The zero-order chi connectivity index (χ0) is 15.9. The molecule has 0 radical (unpaired) electrons. The van der Waals surface area contributed by atoms with Crippen molar-refractivity contribution in [3.63, 3.8) is 0 Å². The van der Waals surface area contributed by atoms with Gasteiger partial charge in [0.05, 0.1) is 6.04 Å². The second-order valence-corrected chi connectivity index (χ2v) is 5.28. The Morgan fingerprint density at radius 2 is 1.77 bits per heavy atom. The molecule has 1 atom stereocenters. The smallest absolute Gasteiger partial charge is 0.179 e. The average molecular weight is 300 g/mol. The number of carbonyl (C=O) groups excluding carboxylic acids is 1. The number of carbonyl (C=O) groups is 1. The Morgan fingerprint density at radius 1 is 1.14 bits per heavy atom. The Bertz CT molecular complexity index is 608. The highest BCUT2D eigenvalue weighted by Crippen LogP contribution is 2.10. The largest absolute Gasteiger partial charge is 0.399 e. The van der Waals surface area contributed by atoms with Gasteiger partial charge in [0.25, 0.3) is 0 Å². The Labute approximate surface area is 130 Å². The fourth-order valence-electron chi connectivity index (χ4n) is 2.31. The second kappa shape index (κ2) is 7.71. The third-order valence-electron chi connectivity index (χ3n) is 3.64. The highest BCUT2D eigenvalue weighted by Gasteiger charge is 2.17. The van der Waals surface area contributed by atoms with Crippen molar-refractivity contribution in [3.05, 3.63) is 65.5 Å². The maximum Gasteiger partial charge on any atom is 0.179 e. The quantitative estimate of drug-likeness (QED) is 0.610. The number of hydrogen-bond donors (Lipinski definition) is 2. The van der Waals surface area contributed by atoms with Crippen LogP contribution in [0, 0.1) is 5.82 Å². The van der Waals surface area contributed by atoms with Gasteiger partial charge in [-0.3, -0.25) is 4.79 Å². The molecule has 2 aromatic rings. The van der Waals surface area contributed by atoms with Gasteiger partial charge < -0.3 is 11.1 Å².